The summed E-state index contributed by atoms with van der Waals surface area (Å²) in [6.07, 6.45) is -4.36. The monoisotopic (exact) mass is 398 g/mol. The van der Waals surface area contributed by atoms with Crippen LogP contribution in [0.2, 0.25) is 0 Å². The molecule has 29 heavy (non-hydrogen) atoms. The molecule has 0 bridgehead atoms. The SMILES string of the molecule is COc1ccc(-c2ccc3nc(COc4ccc(C(F)(F)F)cc4)[nH]c3c2)cc1. The molecule has 0 spiro atoms. The number of benzene rings is 3. The minimum absolute atomic E-state index is 0.123. The number of fused-ring (bicyclic) bond motifs is 1. The molecular formula is C22H17F3N2O2. The van der Waals surface area contributed by atoms with Crippen LogP contribution < -0.4 is 9.47 Å². The lowest BCUT2D eigenvalue weighted by Crippen LogP contribution is -2.04. The maximum absolute atomic E-state index is 12.6. The van der Waals surface area contributed by atoms with Crippen molar-refractivity contribution < 1.29 is 22.6 Å². The number of aromatic nitrogens is 2. The first kappa shape index (κ1) is 18.9. The zero-order valence-corrected chi connectivity index (χ0v) is 15.5. The number of rotatable bonds is 5. The summed E-state index contributed by atoms with van der Waals surface area (Å²) in [5.74, 6) is 1.73. The van der Waals surface area contributed by atoms with Crippen molar-refractivity contribution in [3.63, 3.8) is 0 Å². The Kier molecular flexibility index (Phi) is 4.88. The highest BCUT2D eigenvalue weighted by molar-refractivity contribution is 5.82. The van der Waals surface area contributed by atoms with Gasteiger partial charge in [-0.1, -0.05) is 18.2 Å². The van der Waals surface area contributed by atoms with Gasteiger partial charge in [-0.25, -0.2) is 4.98 Å². The summed E-state index contributed by atoms with van der Waals surface area (Å²) in [5.41, 5.74) is 3.00. The smallest absolute Gasteiger partial charge is 0.416 e. The van der Waals surface area contributed by atoms with E-state index in [0.717, 1.165) is 40.0 Å². The van der Waals surface area contributed by atoms with Gasteiger partial charge in [0.05, 0.1) is 23.7 Å². The second kappa shape index (κ2) is 7.50. The van der Waals surface area contributed by atoms with E-state index in [-0.39, 0.29) is 6.61 Å². The molecule has 0 unspecified atom stereocenters. The Balaban J connectivity index is 1.48. The highest BCUT2D eigenvalue weighted by atomic mass is 19.4. The third-order valence-corrected chi connectivity index (χ3v) is 4.51. The molecule has 0 aliphatic heterocycles. The molecule has 7 heteroatoms. The van der Waals surface area contributed by atoms with Crippen LogP contribution in [0.25, 0.3) is 22.2 Å². The van der Waals surface area contributed by atoms with Crippen LogP contribution in [-0.4, -0.2) is 17.1 Å². The van der Waals surface area contributed by atoms with E-state index in [0.29, 0.717) is 11.6 Å². The number of nitrogens with zero attached hydrogens (tertiary/aromatic N) is 1. The van der Waals surface area contributed by atoms with Crippen LogP contribution >= 0.6 is 0 Å². The van der Waals surface area contributed by atoms with Gasteiger partial charge in [-0.3, -0.25) is 0 Å². The molecular weight excluding hydrogens is 381 g/mol. The minimum Gasteiger partial charge on any atom is -0.497 e. The number of aromatic amines is 1. The number of hydrogen-bond acceptors (Lipinski definition) is 3. The molecule has 4 nitrogen and oxygen atoms in total. The second-order valence-electron chi connectivity index (χ2n) is 6.45. The van der Waals surface area contributed by atoms with Crippen molar-refractivity contribution >= 4 is 11.0 Å². The Morgan fingerprint density at radius 2 is 1.52 bits per heavy atom. The largest absolute Gasteiger partial charge is 0.497 e. The Morgan fingerprint density at radius 3 is 2.17 bits per heavy atom. The van der Waals surface area contributed by atoms with Crippen LogP contribution in [0.5, 0.6) is 11.5 Å². The summed E-state index contributed by atoms with van der Waals surface area (Å²) >= 11 is 0. The van der Waals surface area contributed by atoms with E-state index in [1.54, 1.807) is 7.11 Å². The minimum atomic E-state index is -4.36. The first-order chi connectivity index (χ1) is 13.9. The molecule has 0 saturated heterocycles. The van der Waals surface area contributed by atoms with E-state index in [2.05, 4.69) is 9.97 Å². The van der Waals surface area contributed by atoms with E-state index < -0.39 is 11.7 Å². The van der Waals surface area contributed by atoms with Gasteiger partial charge in [0.1, 0.15) is 23.9 Å². The van der Waals surface area contributed by atoms with Crippen LogP contribution in [0.15, 0.2) is 66.7 Å². The lowest BCUT2D eigenvalue weighted by molar-refractivity contribution is -0.137. The van der Waals surface area contributed by atoms with Crippen molar-refractivity contribution in [2.75, 3.05) is 7.11 Å². The number of H-pyrrole nitrogens is 1. The normalized spacial score (nSPS) is 11.6. The third kappa shape index (κ3) is 4.18. The predicted octanol–water partition coefficient (Wildman–Crippen LogP) is 5.84. The maximum Gasteiger partial charge on any atom is 0.416 e. The molecule has 4 rings (SSSR count). The number of nitrogens with one attached hydrogen (secondary N) is 1. The number of methoxy groups -OCH3 is 1. The van der Waals surface area contributed by atoms with Crippen LogP contribution in [0, 0.1) is 0 Å². The lowest BCUT2D eigenvalue weighted by atomic mass is 10.1. The number of alkyl halides is 3. The van der Waals surface area contributed by atoms with Crippen molar-refractivity contribution in [3.8, 4) is 22.6 Å². The Hall–Kier alpha value is -3.48. The van der Waals surface area contributed by atoms with Crippen LogP contribution in [-0.2, 0) is 12.8 Å². The number of ether oxygens (including phenoxy) is 2. The van der Waals surface area contributed by atoms with Crippen molar-refractivity contribution in [1.82, 2.24) is 9.97 Å². The standard InChI is InChI=1S/C22H17F3N2O2/c1-28-17-7-2-14(3-8-17)15-4-11-19-20(12-15)27-21(26-19)13-29-18-9-5-16(6-10-18)22(23,24)25/h2-12H,13H2,1H3,(H,26,27). The lowest BCUT2D eigenvalue weighted by Gasteiger charge is -2.08. The van der Waals surface area contributed by atoms with Gasteiger partial charge in [-0.15, -0.1) is 0 Å². The van der Waals surface area contributed by atoms with Crippen molar-refractivity contribution in [3.05, 3.63) is 78.1 Å². The summed E-state index contributed by atoms with van der Waals surface area (Å²) in [6, 6.07) is 18.2. The molecule has 4 aromatic rings. The van der Waals surface area contributed by atoms with Gasteiger partial charge in [0.25, 0.3) is 0 Å². The molecule has 1 heterocycles. The maximum atomic E-state index is 12.6. The van der Waals surface area contributed by atoms with Crippen molar-refractivity contribution in [1.29, 1.82) is 0 Å². The summed E-state index contributed by atoms with van der Waals surface area (Å²) < 4.78 is 48.6. The van der Waals surface area contributed by atoms with Crippen LogP contribution in [0.3, 0.4) is 0 Å². The zero-order chi connectivity index (χ0) is 20.4. The molecule has 0 saturated carbocycles. The van der Waals surface area contributed by atoms with Gasteiger partial charge in [-0.2, -0.15) is 13.2 Å². The van der Waals surface area contributed by atoms with E-state index in [1.807, 2.05) is 42.5 Å². The Bertz CT molecular complexity index is 1120. The topological polar surface area (TPSA) is 47.1 Å². The van der Waals surface area contributed by atoms with Gasteiger partial charge in [0, 0.05) is 0 Å². The molecule has 0 fully saturated rings. The Morgan fingerprint density at radius 1 is 0.862 bits per heavy atom. The summed E-state index contributed by atoms with van der Waals surface area (Å²) in [4.78, 5) is 7.66. The number of hydrogen-bond donors (Lipinski definition) is 1. The molecule has 0 aliphatic carbocycles. The van der Waals surface area contributed by atoms with Gasteiger partial charge < -0.3 is 14.5 Å². The fourth-order valence-electron chi connectivity index (χ4n) is 2.99. The molecule has 148 valence electrons. The van der Waals surface area contributed by atoms with Gasteiger partial charge >= 0.3 is 6.18 Å². The fraction of sp³-hybridized carbons (Fsp3) is 0.136. The second-order valence-corrected chi connectivity index (χ2v) is 6.45. The fourth-order valence-corrected chi connectivity index (χ4v) is 2.99. The number of halogens is 3. The Labute approximate surface area is 164 Å². The van der Waals surface area contributed by atoms with Gasteiger partial charge in [-0.05, 0) is 59.7 Å². The summed E-state index contributed by atoms with van der Waals surface area (Å²) in [5, 5.41) is 0. The molecule has 0 radical (unpaired) electrons. The van der Waals surface area contributed by atoms with Crippen molar-refractivity contribution in [2.45, 2.75) is 12.8 Å². The molecule has 3 aromatic carbocycles. The third-order valence-electron chi connectivity index (χ3n) is 4.51. The molecule has 0 aliphatic rings. The molecule has 0 amide bonds. The van der Waals surface area contributed by atoms with E-state index in [4.69, 9.17) is 9.47 Å². The average molecular weight is 398 g/mol. The van der Waals surface area contributed by atoms with Crippen LogP contribution in [0.1, 0.15) is 11.4 Å². The highest BCUT2D eigenvalue weighted by Crippen LogP contribution is 2.30. The van der Waals surface area contributed by atoms with Gasteiger partial charge in [0.15, 0.2) is 0 Å². The summed E-state index contributed by atoms with van der Waals surface area (Å²) in [6.45, 7) is 0.123. The van der Waals surface area contributed by atoms with E-state index >= 15 is 0 Å². The molecule has 0 atom stereocenters. The number of imidazole rings is 1. The van der Waals surface area contributed by atoms with Crippen LogP contribution in [0.4, 0.5) is 13.2 Å². The zero-order valence-electron chi connectivity index (χ0n) is 15.5. The predicted molar refractivity (Wildman–Crippen MR) is 104 cm³/mol. The average Bonchev–Trinajstić information content (AvgIpc) is 3.14. The molecule has 1 aromatic heterocycles. The first-order valence-electron chi connectivity index (χ1n) is 8.85. The highest BCUT2D eigenvalue weighted by Gasteiger charge is 2.30. The van der Waals surface area contributed by atoms with Gasteiger partial charge in [0.2, 0.25) is 0 Å². The summed E-state index contributed by atoms with van der Waals surface area (Å²) in [7, 11) is 1.62. The van der Waals surface area contributed by atoms with E-state index in [1.165, 1.54) is 12.1 Å². The van der Waals surface area contributed by atoms with Crippen molar-refractivity contribution in [2.24, 2.45) is 0 Å². The first-order valence-corrected chi connectivity index (χ1v) is 8.85. The van der Waals surface area contributed by atoms with E-state index in [9.17, 15) is 13.2 Å². The molecule has 1 N–H and O–H groups in total. The quantitative estimate of drug-likeness (QED) is 0.460.